The quantitative estimate of drug-likeness (QED) is 0.766. The number of benzene rings is 1. The van der Waals surface area contributed by atoms with Gasteiger partial charge >= 0.3 is 0 Å². The molecule has 2 nitrogen and oxygen atoms in total. The number of nitrogens with one attached hydrogen (secondary N) is 1. The summed E-state index contributed by atoms with van der Waals surface area (Å²) >= 11 is 3.13. The van der Waals surface area contributed by atoms with Crippen molar-refractivity contribution in [1.29, 1.82) is 0 Å². The Labute approximate surface area is 133 Å². The molecule has 21 heavy (non-hydrogen) atoms. The van der Waals surface area contributed by atoms with Crippen molar-refractivity contribution in [3.8, 4) is 0 Å². The van der Waals surface area contributed by atoms with E-state index >= 15 is 0 Å². The van der Waals surface area contributed by atoms with Gasteiger partial charge in [-0.1, -0.05) is 6.92 Å². The smallest absolute Gasteiger partial charge is 0.143 e. The van der Waals surface area contributed by atoms with Crippen molar-refractivity contribution in [2.24, 2.45) is 0 Å². The summed E-state index contributed by atoms with van der Waals surface area (Å²) in [5.41, 5.74) is -0.245. The van der Waals surface area contributed by atoms with E-state index in [4.69, 9.17) is 4.74 Å². The Hall–Kier alpha value is -0.520. The van der Waals surface area contributed by atoms with Crippen LogP contribution in [0.2, 0.25) is 0 Å². The molecule has 118 valence electrons. The molecule has 1 fully saturated rings. The van der Waals surface area contributed by atoms with Crippen molar-refractivity contribution in [3.05, 3.63) is 33.8 Å². The molecule has 0 saturated carbocycles. The minimum absolute atomic E-state index is 0.0988. The summed E-state index contributed by atoms with van der Waals surface area (Å²) in [5, 5.41) is 3.40. The van der Waals surface area contributed by atoms with Crippen molar-refractivity contribution >= 4 is 15.9 Å². The molecule has 1 aliphatic rings. The highest BCUT2D eigenvalue weighted by atomic mass is 79.9. The monoisotopic (exact) mass is 361 g/mol. The van der Waals surface area contributed by atoms with Gasteiger partial charge in [0.15, 0.2) is 0 Å². The van der Waals surface area contributed by atoms with Crippen LogP contribution in [-0.2, 0) is 11.2 Å². The molecular weight excluding hydrogens is 340 g/mol. The van der Waals surface area contributed by atoms with E-state index in [0.717, 1.165) is 25.8 Å². The Morgan fingerprint density at radius 3 is 2.81 bits per heavy atom. The topological polar surface area (TPSA) is 21.3 Å². The lowest BCUT2D eigenvalue weighted by Crippen LogP contribution is -2.50. The zero-order valence-electron chi connectivity index (χ0n) is 12.5. The van der Waals surface area contributed by atoms with E-state index in [0.29, 0.717) is 11.1 Å². The van der Waals surface area contributed by atoms with Gasteiger partial charge in [0.2, 0.25) is 0 Å². The third-order valence-electron chi connectivity index (χ3n) is 4.17. The van der Waals surface area contributed by atoms with Gasteiger partial charge in [0.1, 0.15) is 11.6 Å². The second-order valence-electron chi connectivity index (χ2n) is 5.80. The molecule has 2 atom stereocenters. The van der Waals surface area contributed by atoms with Crippen molar-refractivity contribution in [2.45, 2.75) is 51.2 Å². The summed E-state index contributed by atoms with van der Waals surface area (Å²) in [6, 6.07) is 2.60. The fourth-order valence-electron chi connectivity index (χ4n) is 2.86. The molecule has 0 aliphatic carbocycles. The van der Waals surface area contributed by atoms with Gasteiger partial charge in [-0.2, -0.15) is 0 Å². The molecule has 1 aromatic carbocycles. The zero-order chi connectivity index (χ0) is 15.5. The maximum atomic E-state index is 14.2. The lowest BCUT2D eigenvalue weighted by atomic mass is 9.88. The molecule has 1 heterocycles. The standard InChI is InChI=1S/C16H22BrF2NO/c1-3-8-20-14(16(2)7-4-9-21-16)10-11-13(18)6-5-12(17)15(11)19/h5-6,14,20H,3-4,7-10H2,1-2H3. The minimum atomic E-state index is -0.514. The molecule has 0 amide bonds. The highest BCUT2D eigenvalue weighted by Gasteiger charge is 2.38. The Bertz CT molecular complexity index is 489. The molecule has 1 aliphatic heterocycles. The van der Waals surface area contributed by atoms with Gasteiger partial charge in [0.25, 0.3) is 0 Å². The molecule has 5 heteroatoms. The summed E-state index contributed by atoms with van der Waals surface area (Å²) in [7, 11) is 0. The molecule has 0 spiro atoms. The first kappa shape index (κ1) is 16.8. The molecule has 2 unspecified atom stereocenters. The number of hydrogen-bond donors (Lipinski definition) is 1. The van der Waals surface area contributed by atoms with Crippen molar-refractivity contribution in [3.63, 3.8) is 0 Å². The van der Waals surface area contributed by atoms with Gasteiger partial charge in [-0.25, -0.2) is 8.78 Å². The first-order valence-corrected chi connectivity index (χ1v) is 8.27. The van der Waals surface area contributed by atoms with E-state index in [2.05, 4.69) is 28.2 Å². The molecular formula is C16H22BrF2NO. The lowest BCUT2D eigenvalue weighted by molar-refractivity contribution is -0.0118. The fraction of sp³-hybridized carbons (Fsp3) is 0.625. The van der Waals surface area contributed by atoms with Gasteiger partial charge < -0.3 is 10.1 Å². The Morgan fingerprint density at radius 1 is 1.43 bits per heavy atom. The molecule has 1 N–H and O–H groups in total. The molecule has 0 aromatic heterocycles. The van der Waals surface area contributed by atoms with Crippen LogP contribution < -0.4 is 5.32 Å². The van der Waals surface area contributed by atoms with Crippen LogP contribution in [-0.4, -0.2) is 24.8 Å². The summed E-state index contributed by atoms with van der Waals surface area (Å²) in [6.07, 6.45) is 3.15. The first-order valence-electron chi connectivity index (χ1n) is 7.47. The SMILES string of the molecule is CCCNC(Cc1c(F)ccc(Br)c1F)C1(C)CCCO1. The van der Waals surface area contributed by atoms with Crippen LogP contribution in [0.3, 0.4) is 0 Å². The molecule has 1 aromatic rings. The first-order chi connectivity index (χ1) is 9.98. The van der Waals surface area contributed by atoms with E-state index in [-0.39, 0.29) is 23.6 Å². The summed E-state index contributed by atoms with van der Waals surface area (Å²) in [6.45, 7) is 5.62. The summed E-state index contributed by atoms with van der Waals surface area (Å²) in [5.74, 6) is -1.01. The Kier molecular flexibility index (Phi) is 5.74. The second kappa shape index (κ2) is 7.16. The van der Waals surface area contributed by atoms with Crippen molar-refractivity contribution in [2.75, 3.05) is 13.2 Å². The van der Waals surface area contributed by atoms with Crippen LogP contribution >= 0.6 is 15.9 Å². The van der Waals surface area contributed by atoms with Gasteiger partial charge in [0, 0.05) is 18.2 Å². The van der Waals surface area contributed by atoms with Crippen LogP contribution in [0, 0.1) is 11.6 Å². The molecule has 0 radical (unpaired) electrons. The number of halogens is 3. The van der Waals surface area contributed by atoms with Crippen LogP contribution in [0.1, 0.15) is 38.7 Å². The largest absolute Gasteiger partial charge is 0.374 e. The predicted octanol–water partition coefficient (Wildman–Crippen LogP) is 4.21. The van der Waals surface area contributed by atoms with Crippen LogP contribution in [0.4, 0.5) is 8.78 Å². The van der Waals surface area contributed by atoms with E-state index in [1.54, 1.807) is 0 Å². The average molecular weight is 362 g/mol. The van der Waals surface area contributed by atoms with Gasteiger partial charge in [-0.05, 0) is 67.2 Å². The van der Waals surface area contributed by atoms with E-state index in [9.17, 15) is 8.78 Å². The Morgan fingerprint density at radius 2 is 2.19 bits per heavy atom. The highest BCUT2D eigenvalue weighted by Crippen LogP contribution is 2.32. The molecule has 2 rings (SSSR count). The minimum Gasteiger partial charge on any atom is -0.374 e. The number of rotatable bonds is 6. The van der Waals surface area contributed by atoms with Crippen LogP contribution in [0.25, 0.3) is 0 Å². The highest BCUT2D eigenvalue weighted by molar-refractivity contribution is 9.10. The predicted molar refractivity (Wildman–Crippen MR) is 83.4 cm³/mol. The van der Waals surface area contributed by atoms with E-state index in [1.807, 2.05) is 6.92 Å². The zero-order valence-corrected chi connectivity index (χ0v) is 14.1. The van der Waals surface area contributed by atoms with Gasteiger partial charge in [0.05, 0.1) is 10.1 Å². The molecule has 1 saturated heterocycles. The lowest BCUT2D eigenvalue weighted by Gasteiger charge is -2.34. The third kappa shape index (κ3) is 3.82. The van der Waals surface area contributed by atoms with E-state index < -0.39 is 11.6 Å². The van der Waals surface area contributed by atoms with Crippen molar-refractivity contribution in [1.82, 2.24) is 5.32 Å². The van der Waals surface area contributed by atoms with Gasteiger partial charge in [-0.15, -0.1) is 0 Å². The Balaban J connectivity index is 2.24. The van der Waals surface area contributed by atoms with Crippen LogP contribution in [0.5, 0.6) is 0 Å². The summed E-state index contributed by atoms with van der Waals surface area (Å²) in [4.78, 5) is 0. The normalized spacial score (nSPS) is 23.5. The maximum absolute atomic E-state index is 14.2. The van der Waals surface area contributed by atoms with Crippen LogP contribution in [0.15, 0.2) is 16.6 Å². The second-order valence-corrected chi connectivity index (χ2v) is 6.65. The molecule has 0 bridgehead atoms. The fourth-order valence-corrected chi connectivity index (χ4v) is 3.23. The maximum Gasteiger partial charge on any atom is 0.143 e. The van der Waals surface area contributed by atoms with Gasteiger partial charge in [-0.3, -0.25) is 0 Å². The third-order valence-corrected chi connectivity index (χ3v) is 4.79. The number of hydrogen-bond acceptors (Lipinski definition) is 2. The van der Waals surface area contributed by atoms with E-state index in [1.165, 1.54) is 12.1 Å². The summed E-state index contributed by atoms with van der Waals surface area (Å²) < 4.78 is 34.4. The number of ether oxygens (including phenoxy) is 1. The van der Waals surface area contributed by atoms with Crippen molar-refractivity contribution < 1.29 is 13.5 Å². The average Bonchev–Trinajstić information content (AvgIpc) is 2.90.